The van der Waals surface area contributed by atoms with E-state index in [0.29, 0.717) is 18.5 Å². The van der Waals surface area contributed by atoms with Crippen LogP contribution in [0.15, 0.2) is 0 Å². The Morgan fingerprint density at radius 2 is 1.73 bits per heavy atom. The van der Waals surface area contributed by atoms with Gasteiger partial charge in [0.05, 0.1) is 0 Å². The fourth-order valence-corrected chi connectivity index (χ4v) is 1.88. The Hall–Kier alpha value is -0.240. The molecule has 0 saturated carbocycles. The molecule has 0 aromatic carbocycles. The maximum Gasteiger partial charge on any atom is 0.228 e. The summed E-state index contributed by atoms with van der Waals surface area (Å²) in [5, 5.41) is 0. The van der Waals surface area contributed by atoms with Crippen molar-refractivity contribution in [1.82, 2.24) is 4.90 Å². The van der Waals surface area contributed by atoms with Gasteiger partial charge >= 0.3 is 0 Å². The number of hydrogen-bond acceptors (Lipinski definition) is 1. The van der Waals surface area contributed by atoms with E-state index in [-0.39, 0.29) is 11.3 Å². The number of carbonyl (C=O) groups is 1. The van der Waals surface area contributed by atoms with Crippen molar-refractivity contribution in [2.45, 2.75) is 53.5 Å². The lowest BCUT2D eigenvalue weighted by Crippen LogP contribution is -2.46. The smallest absolute Gasteiger partial charge is 0.228 e. The highest BCUT2D eigenvalue weighted by molar-refractivity contribution is 6.18. The molecule has 1 amide bonds. The number of carbonyl (C=O) groups excluding carboxylic acids is 1. The molecule has 0 bridgehead atoms. The summed E-state index contributed by atoms with van der Waals surface area (Å²) in [6.45, 7) is 10.8. The highest BCUT2D eigenvalue weighted by Gasteiger charge is 2.30. The number of hydrogen-bond donors (Lipinski definition) is 0. The zero-order valence-corrected chi connectivity index (χ0v) is 11.4. The molecule has 2 nitrogen and oxygen atoms in total. The SMILES string of the molecule is CCC(CC)N(CCCl)C(=O)C(C)(C)C. The van der Waals surface area contributed by atoms with Crippen LogP contribution in [0.1, 0.15) is 47.5 Å². The predicted molar refractivity (Wildman–Crippen MR) is 66.3 cm³/mol. The van der Waals surface area contributed by atoms with Crippen LogP contribution in [0.3, 0.4) is 0 Å². The minimum atomic E-state index is -0.311. The molecule has 0 atom stereocenters. The van der Waals surface area contributed by atoms with Gasteiger partial charge in [-0.3, -0.25) is 4.79 Å². The summed E-state index contributed by atoms with van der Waals surface area (Å²) < 4.78 is 0. The van der Waals surface area contributed by atoms with Crippen LogP contribution in [0.5, 0.6) is 0 Å². The first-order valence-electron chi connectivity index (χ1n) is 5.75. The maximum absolute atomic E-state index is 12.2. The van der Waals surface area contributed by atoms with Crippen molar-refractivity contribution >= 4 is 17.5 Å². The molecule has 0 fully saturated rings. The molecular formula is C12H24ClNO. The summed E-state index contributed by atoms with van der Waals surface area (Å²) in [4.78, 5) is 14.1. The van der Waals surface area contributed by atoms with E-state index in [9.17, 15) is 4.79 Å². The molecule has 0 radical (unpaired) electrons. The van der Waals surface area contributed by atoms with Crippen LogP contribution >= 0.6 is 11.6 Å². The Kier molecular flexibility index (Phi) is 6.26. The van der Waals surface area contributed by atoms with Crippen molar-refractivity contribution in [2.24, 2.45) is 5.41 Å². The van der Waals surface area contributed by atoms with Crippen molar-refractivity contribution < 1.29 is 4.79 Å². The standard InChI is InChI=1S/C12H24ClNO/c1-6-10(7-2)14(9-8-13)11(15)12(3,4)5/h10H,6-9H2,1-5H3. The molecule has 90 valence electrons. The summed E-state index contributed by atoms with van der Waals surface area (Å²) in [5.74, 6) is 0.718. The number of alkyl halides is 1. The quantitative estimate of drug-likeness (QED) is 0.668. The van der Waals surface area contributed by atoms with Crippen LogP contribution < -0.4 is 0 Å². The van der Waals surface area contributed by atoms with Crippen molar-refractivity contribution in [3.05, 3.63) is 0 Å². The first-order valence-corrected chi connectivity index (χ1v) is 6.28. The second-order valence-electron chi connectivity index (χ2n) is 4.91. The van der Waals surface area contributed by atoms with E-state index in [1.165, 1.54) is 0 Å². The largest absolute Gasteiger partial charge is 0.338 e. The van der Waals surface area contributed by atoms with Crippen molar-refractivity contribution in [3.63, 3.8) is 0 Å². The first kappa shape index (κ1) is 14.8. The third-order valence-corrected chi connectivity index (χ3v) is 2.78. The van der Waals surface area contributed by atoms with Crippen LogP contribution in [0.4, 0.5) is 0 Å². The van der Waals surface area contributed by atoms with Crippen molar-refractivity contribution in [3.8, 4) is 0 Å². The molecule has 0 aromatic rings. The van der Waals surface area contributed by atoms with Gasteiger partial charge in [-0.2, -0.15) is 0 Å². The third kappa shape index (κ3) is 4.42. The van der Waals surface area contributed by atoms with Gasteiger partial charge in [0.1, 0.15) is 0 Å². The lowest BCUT2D eigenvalue weighted by atomic mass is 9.93. The van der Waals surface area contributed by atoms with Gasteiger partial charge in [0.25, 0.3) is 0 Å². The van der Waals surface area contributed by atoms with E-state index in [2.05, 4.69) is 13.8 Å². The highest BCUT2D eigenvalue weighted by Crippen LogP contribution is 2.21. The molecule has 0 spiro atoms. The van der Waals surface area contributed by atoms with Crippen LogP contribution in [-0.4, -0.2) is 29.3 Å². The lowest BCUT2D eigenvalue weighted by Gasteiger charge is -2.35. The van der Waals surface area contributed by atoms with E-state index in [1.807, 2.05) is 25.7 Å². The van der Waals surface area contributed by atoms with Crippen LogP contribution in [-0.2, 0) is 4.79 Å². The summed E-state index contributed by atoms with van der Waals surface area (Å²) >= 11 is 5.75. The van der Waals surface area contributed by atoms with Crippen LogP contribution in [0, 0.1) is 5.41 Å². The molecule has 0 aliphatic carbocycles. The number of halogens is 1. The van der Waals surface area contributed by atoms with Gasteiger partial charge in [-0.05, 0) is 12.8 Å². The first-order chi connectivity index (χ1) is 6.88. The van der Waals surface area contributed by atoms with Gasteiger partial charge in [0.2, 0.25) is 5.91 Å². The van der Waals surface area contributed by atoms with E-state index in [1.54, 1.807) is 0 Å². The summed E-state index contributed by atoms with van der Waals surface area (Å²) in [7, 11) is 0. The highest BCUT2D eigenvalue weighted by atomic mass is 35.5. The third-order valence-electron chi connectivity index (χ3n) is 2.61. The van der Waals surface area contributed by atoms with Gasteiger partial charge < -0.3 is 4.90 Å². The molecule has 3 heteroatoms. The molecule has 0 saturated heterocycles. The van der Waals surface area contributed by atoms with E-state index in [0.717, 1.165) is 12.8 Å². The summed E-state index contributed by atoms with van der Waals surface area (Å²) in [6.07, 6.45) is 1.99. The minimum Gasteiger partial charge on any atom is -0.338 e. The summed E-state index contributed by atoms with van der Waals surface area (Å²) in [6, 6.07) is 0.329. The number of amides is 1. The predicted octanol–water partition coefficient (Wildman–Crippen LogP) is 3.29. The average molecular weight is 234 g/mol. The molecule has 0 rings (SSSR count). The molecule has 0 aliphatic rings. The average Bonchev–Trinajstić information content (AvgIpc) is 2.16. The van der Waals surface area contributed by atoms with Gasteiger partial charge in [0.15, 0.2) is 0 Å². The molecule has 0 N–H and O–H groups in total. The topological polar surface area (TPSA) is 20.3 Å². The Morgan fingerprint density at radius 3 is 2.00 bits per heavy atom. The fraction of sp³-hybridized carbons (Fsp3) is 0.917. The van der Waals surface area contributed by atoms with E-state index >= 15 is 0 Å². The molecule has 0 heterocycles. The Morgan fingerprint density at radius 1 is 1.27 bits per heavy atom. The van der Waals surface area contributed by atoms with Crippen molar-refractivity contribution in [1.29, 1.82) is 0 Å². The normalized spacial score (nSPS) is 11.9. The van der Waals surface area contributed by atoms with Gasteiger partial charge in [-0.25, -0.2) is 0 Å². The van der Waals surface area contributed by atoms with E-state index < -0.39 is 0 Å². The minimum absolute atomic E-state index is 0.205. The zero-order chi connectivity index (χ0) is 12.1. The molecule has 0 aromatic heterocycles. The van der Waals surface area contributed by atoms with Crippen LogP contribution in [0.2, 0.25) is 0 Å². The number of rotatable bonds is 5. The Labute approximate surface area is 99.0 Å². The molecule has 15 heavy (non-hydrogen) atoms. The lowest BCUT2D eigenvalue weighted by molar-refractivity contribution is -0.141. The number of nitrogens with zero attached hydrogens (tertiary/aromatic N) is 1. The van der Waals surface area contributed by atoms with Gasteiger partial charge in [0, 0.05) is 23.9 Å². The van der Waals surface area contributed by atoms with Gasteiger partial charge in [-0.1, -0.05) is 34.6 Å². The fourth-order valence-electron chi connectivity index (χ4n) is 1.70. The Bertz CT molecular complexity index is 194. The van der Waals surface area contributed by atoms with Crippen molar-refractivity contribution in [2.75, 3.05) is 12.4 Å². The van der Waals surface area contributed by atoms with E-state index in [4.69, 9.17) is 11.6 Å². The zero-order valence-electron chi connectivity index (χ0n) is 10.6. The van der Waals surface area contributed by atoms with Gasteiger partial charge in [-0.15, -0.1) is 11.6 Å². The maximum atomic E-state index is 12.2. The van der Waals surface area contributed by atoms with Crippen LogP contribution in [0.25, 0.3) is 0 Å². The molecular weight excluding hydrogens is 210 g/mol. The second-order valence-corrected chi connectivity index (χ2v) is 5.29. The molecule has 0 unspecified atom stereocenters. The Balaban J connectivity index is 4.71. The molecule has 0 aliphatic heterocycles. The summed E-state index contributed by atoms with van der Waals surface area (Å²) in [5.41, 5.74) is -0.311. The monoisotopic (exact) mass is 233 g/mol. The second kappa shape index (κ2) is 6.37.